The molecule has 3 nitrogen and oxygen atoms in total. The van der Waals surface area contributed by atoms with Crippen LogP contribution in [0.15, 0.2) is 12.2 Å². The second kappa shape index (κ2) is 5.17. The normalized spacial score (nSPS) is 56.3. The fraction of sp³-hybridized carbons (Fsp3) is 0.857. The number of hydrogen-bond donors (Lipinski definition) is 2. The van der Waals surface area contributed by atoms with Crippen LogP contribution in [0.25, 0.3) is 0 Å². The minimum absolute atomic E-state index is 0.0356. The fourth-order valence-electron chi connectivity index (χ4n) is 7.38. The van der Waals surface area contributed by atoms with Crippen molar-refractivity contribution in [2.75, 3.05) is 0 Å². The molecule has 0 radical (unpaired) electrons. The average molecular weight is 332 g/mol. The van der Waals surface area contributed by atoms with Gasteiger partial charge in [-0.2, -0.15) is 0 Å². The van der Waals surface area contributed by atoms with E-state index in [-0.39, 0.29) is 22.7 Å². The molecule has 0 saturated heterocycles. The lowest BCUT2D eigenvalue weighted by Crippen LogP contribution is -2.57. The summed E-state index contributed by atoms with van der Waals surface area (Å²) < 4.78 is 0. The molecule has 4 aliphatic carbocycles. The van der Waals surface area contributed by atoms with Crippen molar-refractivity contribution in [2.45, 2.75) is 77.4 Å². The maximum atomic E-state index is 12.2. The van der Waals surface area contributed by atoms with Gasteiger partial charge in [0.2, 0.25) is 0 Å². The standard InChI is InChI=1S/C21H32O3/c1-13(22)21(24)11-8-18-16-5-4-14-12-15(23)6-9-19(14,2)17(16)7-10-20(18,21)3/h6,9,14-18,23-24H,4-5,7-8,10-12H2,1-3H3/t14?,15?,16-,17+,18+,19+,20+,21+/m1/s1. The summed E-state index contributed by atoms with van der Waals surface area (Å²) in [5, 5.41) is 21.2. The number of carbonyl (C=O) groups excluding carboxylic acids is 1. The van der Waals surface area contributed by atoms with Gasteiger partial charge in [0, 0.05) is 5.41 Å². The number of hydrogen-bond acceptors (Lipinski definition) is 3. The lowest BCUT2D eigenvalue weighted by Gasteiger charge is -2.60. The molecule has 0 aliphatic heterocycles. The SMILES string of the molecule is CC(=O)[C@@]1(O)CC[C@H]2[C@@H]3CCC4CC(O)C=C[C@]4(C)[C@H]3CC[C@@]21C. The summed E-state index contributed by atoms with van der Waals surface area (Å²) >= 11 is 0. The van der Waals surface area contributed by atoms with E-state index in [4.69, 9.17) is 0 Å². The Balaban J connectivity index is 1.68. The molecule has 3 fully saturated rings. The van der Waals surface area contributed by atoms with Crippen molar-refractivity contribution in [1.29, 1.82) is 0 Å². The highest BCUT2D eigenvalue weighted by Crippen LogP contribution is 2.67. The fourth-order valence-corrected chi connectivity index (χ4v) is 7.38. The molecule has 4 rings (SSSR count). The zero-order chi connectivity index (χ0) is 17.3. The van der Waals surface area contributed by atoms with E-state index in [9.17, 15) is 15.0 Å². The third-order valence-corrected chi connectivity index (χ3v) is 8.90. The number of allylic oxidation sites excluding steroid dienone is 1. The van der Waals surface area contributed by atoms with Crippen LogP contribution in [0.1, 0.15) is 65.7 Å². The Bertz CT molecular complexity index is 584. The molecule has 0 heterocycles. The van der Waals surface area contributed by atoms with Crippen molar-refractivity contribution in [3.8, 4) is 0 Å². The zero-order valence-corrected chi connectivity index (χ0v) is 15.3. The van der Waals surface area contributed by atoms with Gasteiger partial charge in [0.25, 0.3) is 0 Å². The minimum Gasteiger partial charge on any atom is -0.389 e. The van der Waals surface area contributed by atoms with Crippen LogP contribution in [0.5, 0.6) is 0 Å². The number of ketones is 1. The van der Waals surface area contributed by atoms with E-state index >= 15 is 0 Å². The summed E-state index contributed by atoms with van der Waals surface area (Å²) in [4.78, 5) is 12.2. The van der Waals surface area contributed by atoms with Gasteiger partial charge in [-0.05, 0) is 81.0 Å². The molecule has 0 spiro atoms. The molecule has 0 bridgehead atoms. The van der Waals surface area contributed by atoms with E-state index < -0.39 is 5.60 Å². The Morgan fingerprint density at radius 3 is 2.50 bits per heavy atom. The molecule has 2 unspecified atom stereocenters. The van der Waals surface area contributed by atoms with Crippen LogP contribution >= 0.6 is 0 Å². The molecule has 0 amide bonds. The highest BCUT2D eigenvalue weighted by atomic mass is 16.3. The van der Waals surface area contributed by atoms with Gasteiger partial charge < -0.3 is 10.2 Å². The van der Waals surface area contributed by atoms with Gasteiger partial charge in [0.15, 0.2) is 5.78 Å². The Hall–Kier alpha value is -0.670. The van der Waals surface area contributed by atoms with Crippen molar-refractivity contribution >= 4 is 5.78 Å². The van der Waals surface area contributed by atoms with Crippen molar-refractivity contribution in [3.63, 3.8) is 0 Å². The summed E-state index contributed by atoms with van der Waals surface area (Å²) in [6.07, 6.45) is 11.0. The monoisotopic (exact) mass is 332 g/mol. The van der Waals surface area contributed by atoms with Gasteiger partial charge in [-0.25, -0.2) is 0 Å². The van der Waals surface area contributed by atoms with Gasteiger partial charge >= 0.3 is 0 Å². The molecule has 4 aliphatic rings. The third kappa shape index (κ3) is 1.94. The zero-order valence-electron chi connectivity index (χ0n) is 15.3. The first-order valence-electron chi connectivity index (χ1n) is 9.83. The maximum absolute atomic E-state index is 12.2. The van der Waals surface area contributed by atoms with Crippen LogP contribution in [-0.4, -0.2) is 27.7 Å². The number of fused-ring (bicyclic) bond motifs is 5. The molecular weight excluding hydrogens is 300 g/mol. The van der Waals surface area contributed by atoms with E-state index in [1.807, 2.05) is 6.08 Å². The molecular formula is C21H32O3. The average Bonchev–Trinajstić information content (AvgIpc) is 2.81. The molecule has 2 N–H and O–H groups in total. The predicted molar refractivity (Wildman–Crippen MR) is 93.3 cm³/mol. The number of carbonyl (C=O) groups is 1. The molecule has 0 aromatic carbocycles. The largest absolute Gasteiger partial charge is 0.389 e. The number of rotatable bonds is 1. The molecule has 0 aromatic rings. The smallest absolute Gasteiger partial charge is 0.161 e. The molecule has 0 aromatic heterocycles. The van der Waals surface area contributed by atoms with E-state index in [0.29, 0.717) is 30.1 Å². The van der Waals surface area contributed by atoms with Gasteiger partial charge in [-0.1, -0.05) is 26.0 Å². The number of aliphatic hydroxyl groups excluding tert-OH is 1. The number of Topliss-reactive ketones (excluding diaryl/α,β-unsaturated/α-hetero) is 1. The van der Waals surface area contributed by atoms with Crippen molar-refractivity contribution in [3.05, 3.63) is 12.2 Å². The Kier molecular flexibility index (Phi) is 3.61. The summed E-state index contributed by atoms with van der Waals surface area (Å²) in [6, 6.07) is 0. The van der Waals surface area contributed by atoms with Crippen LogP contribution in [0, 0.1) is 34.5 Å². The molecule has 134 valence electrons. The van der Waals surface area contributed by atoms with Crippen LogP contribution in [-0.2, 0) is 4.79 Å². The van der Waals surface area contributed by atoms with E-state index in [2.05, 4.69) is 19.9 Å². The first-order chi connectivity index (χ1) is 11.2. The van der Waals surface area contributed by atoms with Crippen LogP contribution in [0.3, 0.4) is 0 Å². The topological polar surface area (TPSA) is 57.5 Å². The first kappa shape index (κ1) is 16.8. The van der Waals surface area contributed by atoms with E-state index in [0.717, 1.165) is 25.7 Å². The van der Waals surface area contributed by atoms with Gasteiger partial charge in [0.05, 0.1) is 6.10 Å². The summed E-state index contributed by atoms with van der Waals surface area (Å²) in [5.74, 6) is 2.25. The van der Waals surface area contributed by atoms with Gasteiger partial charge in [-0.15, -0.1) is 0 Å². The van der Waals surface area contributed by atoms with Crippen molar-refractivity contribution < 1.29 is 15.0 Å². The summed E-state index contributed by atoms with van der Waals surface area (Å²) in [6.45, 7) is 6.14. The highest BCUT2D eigenvalue weighted by molar-refractivity contribution is 5.86. The van der Waals surface area contributed by atoms with E-state index in [1.54, 1.807) is 6.92 Å². The summed E-state index contributed by atoms with van der Waals surface area (Å²) in [5.41, 5.74) is -1.18. The quantitative estimate of drug-likeness (QED) is 0.723. The Morgan fingerprint density at radius 2 is 1.79 bits per heavy atom. The minimum atomic E-state index is -1.11. The molecule has 3 heteroatoms. The Morgan fingerprint density at radius 1 is 1.08 bits per heavy atom. The van der Waals surface area contributed by atoms with Crippen LogP contribution in [0.4, 0.5) is 0 Å². The summed E-state index contributed by atoms with van der Waals surface area (Å²) in [7, 11) is 0. The predicted octanol–water partition coefficient (Wildman–Crippen LogP) is 3.49. The van der Waals surface area contributed by atoms with Gasteiger partial charge in [-0.3, -0.25) is 4.79 Å². The lowest BCUT2D eigenvalue weighted by atomic mass is 9.45. The molecule has 8 atom stereocenters. The number of aliphatic hydroxyl groups is 2. The van der Waals surface area contributed by atoms with Crippen molar-refractivity contribution in [2.24, 2.45) is 34.5 Å². The lowest BCUT2D eigenvalue weighted by molar-refractivity contribution is -0.163. The van der Waals surface area contributed by atoms with Crippen LogP contribution in [0.2, 0.25) is 0 Å². The Labute approximate surface area is 145 Å². The van der Waals surface area contributed by atoms with E-state index in [1.165, 1.54) is 12.8 Å². The first-order valence-corrected chi connectivity index (χ1v) is 9.83. The maximum Gasteiger partial charge on any atom is 0.161 e. The van der Waals surface area contributed by atoms with Gasteiger partial charge in [0.1, 0.15) is 5.60 Å². The van der Waals surface area contributed by atoms with Crippen molar-refractivity contribution in [1.82, 2.24) is 0 Å². The molecule has 24 heavy (non-hydrogen) atoms. The highest BCUT2D eigenvalue weighted by Gasteiger charge is 2.65. The molecule has 3 saturated carbocycles. The third-order valence-electron chi connectivity index (χ3n) is 8.90. The van der Waals surface area contributed by atoms with Crippen LogP contribution < -0.4 is 0 Å². The second-order valence-corrected chi connectivity index (χ2v) is 9.59. The second-order valence-electron chi connectivity index (χ2n) is 9.59.